The first-order valence-electron chi connectivity index (χ1n) is 5.70. The number of ketones is 1. The molecule has 0 unspecified atom stereocenters. The van der Waals surface area contributed by atoms with Crippen LogP contribution in [-0.4, -0.2) is 16.0 Å². The van der Waals surface area contributed by atoms with Gasteiger partial charge >= 0.3 is 0 Å². The van der Waals surface area contributed by atoms with Crippen LogP contribution in [0.15, 0.2) is 52.3 Å². The average molecular weight is 270 g/mol. The Bertz CT molecular complexity index is 704. The van der Waals surface area contributed by atoms with Crippen molar-refractivity contribution in [3.63, 3.8) is 0 Å². The fraction of sp³-hybridized carbons (Fsp3) is 0. The van der Waals surface area contributed by atoms with E-state index in [-0.39, 0.29) is 17.3 Å². The smallest absolute Gasteiger partial charge is 0.200 e. The molecule has 0 saturated heterocycles. The molecule has 0 fully saturated rings. The summed E-state index contributed by atoms with van der Waals surface area (Å²) < 4.78 is 0. The summed E-state index contributed by atoms with van der Waals surface area (Å²) in [6.45, 7) is 0. The first-order chi connectivity index (χ1) is 9.15. The normalized spacial score (nSPS) is 15.8. The molecule has 0 aliphatic carbocycles. The molecule has 1 aliphatic rings. The lowest BCUT2D eigenvalue weighted by Crippen LogP contribution is -1.93. The van der Waals surface area contributed by atoms with E-state index in [4.69, 9.17) is 0 Å². The van der Waals surface area contributed by atoms with Gasteiger partial charge in [0.25, 0.3) is 0 Å². The quantitative estimate of drug-likeness (QED) is 0.615. The molecule has 3 rings (SSSR count). The van der Waals surface area contributed by atoms with Crippen molar-refractivity contribution < 1.29 is 15.0 Å². The maximum atomic E-state index is 12.2. The van der Waals surface area contributed by atoms with E-state index in [2.05, 4.69) is 0 Å². The number of carbonyl (C=O) groups is 1. The topological polar surface area (TPSA) is 57.5 Å². The van der Waals surface area contributed by atoms with Gasteiger partial charge in [-0.05, 0) is 35.9 Å². The van der Waals surface area contributed by atoms with E-state index in [0.717, 1.165) is 4.90 Å². The van der Waals surface area contributed by atoms with Gasteiger partial charge in [0.05, 0.1) is 4.91 Å². The largest absolute Gasteiger partial charge is 0.504 e. The van der Waals surface area contributed by atoms with Gasteiger partial charge in [0.1, 0.15) is 0 Å². The fourth-order valence-corrected chi connectivity index (χ4v) is 2.97. The van der Waals surface area contributed by atoms with Gasteiger partial charge in [0.15, 0.2) is 11.5 Å². The average Bonchev–Trinajstić information content (AvgIpc) is 2.72. The summed E-state index contributed by atoms with van der Waals surface area (Å²) in [6, 6.07) is 11.9. The summed E-state index contributed by atoms with van der Waals surface area (Å²) in [5, 5.41) is 18.7. The van der Waals surface area contributed by atoms with Crippen molar-refractivity contribution in [3.05, 3.63) is 58.5 Å². The zero-order chi connectivity index (χ0) is 13.4. The zero-order valence-electron chi connectivity index (χ0n) is 9.83. The highest BCUT2D eigenvalue weighted by molar-refractivity contribution is 8.04. The second-order valence-corrected chi connectivity index (χ2v) is 5.27. The Balaban J connectivity index is 1.98. The monoisotopic (exact) mass is 270 g/mol. The number of allylic oxidation sites excluding steroid dienone is 1. The van der Waals surface area contributed by atoms with Crippen LogP contribution in [0.1, 0.15) is 15.9 Å². The maximum absolute atomic E-state index is 12.2. The molecular weight excluding hydrogens is 260 g/mol. The van der Waals surface area contributed by atoms with E-state index >= 15 is 0 Å². The second kappa shape index (κ2) is 4.48. The first-order valence-corrected chi connectivity index (χ1v) is 6.52. The molecule has 0 saturated carbocycles. The van der Waals surface area contributed by atoms with Gasteiger partial charge < -0.3 is 10.2 Å². The minimum absolute atomic E-state index is 0.00633. The Morgan fingerprint density at radius 2 is 1.79 bits per heavy atom. The molecular formula is C15H10O3S. The minimum Gasteiger partial charge on any atom is -0.504 e. The molecule has 1 aliphatic heterocycles. The molecule has 0 spiro atoms. The molecule has 2 aromatic rings. The second-order valence-electron chi connectivity index (χ2n) is 4.18. The van der Waals surface area contributed by atoms with Crippen molar-refractivity contribution >= 4 is 23.6 Å². The van der Waals surface area contributed by atoms with Crippen LogP contribution >= 0.6 is 11.8 Å². The van der Waals surface area contributed by atoms with Crippen molar-refractivity contribution in [1.82, 2.24) is 0 Å². The van der Waals surface area contributed by atoms with Crippen molar-refractivity contribution in [1.29, 1.82) is 0 Å². The molecule has 94 valence electrons. The van der Waals surface area contributed by atoms with Gasteiger partial charge in [-0.25, -0.2) is 0 Å². The van der Waals surface area contributed by atoms with E-state index in [0.29, 0.717) is 16.0 Å². The number of phenolic OH excluding ortho intramolecular Hbond substituents is 2. The summed E-state index contributed by atoms with van der Waals surface area (Å²) >= 11 is 1.42. The molecule has 3 nitrogen and oxygen atoms in total. The summed E-state index contributed by atoms with van der Waals surface area (Å²) in [6.07, 6.45) is 1.71. The first kappa shape index (κ1) is 11.9. The third-order valence-corrected chi connectivity index (χ3v) is 3.97. The van der Waals surface area contributed by atoms with Gasteiger partial charge in [-0.2, -0.15) is 0 Å². The third kappa shape index (κ3) is 2.11. The van der Waals surface area contributed by atoms with E-state index in [9.17, 15) is 15.0 Å². The fourth-order valence-electron chi connectivity index (χ4n) is 1.92. The van der Waals surface area contributed by atoms with E-state index < -0.39 is 0 Å². The van der Waals surface area contributed by atoms with Crippen molar-refractivity contribution in [2.45, 2.75) is 4.90 Å². The van der Waals surface area contributed by atoms with Gasteiger partial charge in [-0.3, -0.25) is 4.79 Å². The molecule has 19 heavy (non-hydrogen) atoms. The van der Waals surface area contributed by atoms with Crippen LogP contribution in [-0.2, 0) is 0 Å². The van der Waals surface area contributed by atoms with Crippen molar-refractivity contribution in [3.8, 4) is 11.5 Å². The van der Waals surface area contributed by atoms with Crippen LogP contribution in [0, 0.1) is 0 Å². The van der Waals surface area contributed by atoms with E-state index in [1.165, 1.54) is 23.9 Å². The highest BCUT2D eigenvalue weighted by Crippen LogP contribution is 2.40. The number of benzene rings is 2. The van der Waals surface area contributed by atoms with Gasteiger partial charge in [-0.1, -0.05) is 30.0 Å². The molecule has 2 N–H and O–H groups in total. The summed E-state index contributed by atoms with van der Waals surface area (Å²) in [7, 11) is 0. The Hall–Kier alpha value is -2.20. The molecule has 0 bridgehead atoms. The van der Waals surface area contributed by atoms with Crippen LogP contribution in [0.3, 0.4) is 0 Å². The number of hydrogen-bond acceptors (Lipinski definition) is 4. The SMILES string of the molecule is O=C1C(=Cc2ccc(O)c(O)c2)Sc2ccccc21. The number of Topliss-reactive ketones (excluding diaryl/α,β-unsaturated/α-hetero) is 1. The molecule has 4 heteroatoms. The van der Waals surface area contributed by atoms with Crippen LogP contribution in [0.2, 0.25) is 0 Å². The lowest BCUT2D eigenvalue weighted by molar-refractivity contribution is 0.104. The summed E-state index contributed by atoms with van der Waals surface area (Å²) in [5.74, 6) is -0.369. The van der Waals surface area contributed by atoms with E-state index in [1.54, 1.807) is 18.2 Å². The predicted molar refractivity (Wildman–Crippen MR) is 74.4 cm³/mol. The third-order valence-electron chi connectivity index (χ3n) is 2.87. The van der Waals surface area contributed by atoms with Crippen molar-refractivity contribution in [2.75, 3.05) is 0 Å². The van der Waals surface area contributed by atoms with Crippen LogP contribution < -0.4 is 0 Å². The van der Waals surface area contributed by atoms with Gasteiger partial charge in [0, 0.05) is 10.5 Å². The maximum Gasteiger partial charge on any atom is 0.200 e. The van der Waals surface area contributed by atoms with Crippen LogP contribution in [0.4, 0.5) is 0 Å². The number of fused-ring (bicyclic) bond motifs is 1. The molecule has 0 radical (unpaired) electrons. The molecule has 0 atom stereocenters. The molecule has 0 amide bonds. The minimum atomic E-state index is -0.192. The highest BCUT2D eigenvalue weighted by atomic mass is 32.2. The number of phenols is 2. The van der Waals surface area contributed by atoms with E-state index in [1.807, 2.05) is 18.2 Å². The molecule has 0 aromatic heterocycles. The molecule has 1 heterocycles. The lowest BCUT2D eigenvalue weighted by Gasteiger charge is -1.99. The lowest BCUT2D eigenvalue weighted by atomic mass is 10.1. The number of aromatic hydroxyl groups is 2. The number of hydrogen-bond donors (Lipinski definition) is 2. The Kier molecular flexibility index (Phi) is 2.80. The van der Waals surface area contributed by atoms with Crippen LogP contribution in [0.25, 0.3) is 6.08 Å². The Morgan fingerprint density at radius 1 is 1.00 bits per heavy atom. The van der Waals surface area contributed by atoms with Gasteiger partial charge in [-0.15, -0.1) is 0 Å². The zero-order valence-corrected chi connectivity index (χ0v) is 10.6. The van der Waals surface area contributed by atoms with Gasteiger partial charge in [0.2, 0.25) is 5.78 Å². The highest BCUT2D eigenvalue weighted by Gasteiger charge is 2.25. The Morgan fingerprint density at radius 3 is 2.53 bits per heavy atom. The number of thioether (sulfide) groups is 1. The standard InChI is InChI=1S/C15H10O3S/c16-11-6-5-9(7-12(11)17)8-14-15(18)10-3-1-2-4-13(10)19-14/h1-8,16-17H. The summed E-state index contributed by atoms with van der Waals surface area (Å²) in [4.78, 5) is 13.7. The Labute approximate surface area is 114 Å². The number of carbonyl (C=O) groups excluding carboxylic acids is 1. The van der Waals surface area contributed by atoms with Crippen LogP contribution in [0.5, 0.6) is 11.5 Å². The predicted octanol–water partition coefficient (Wildman–Crippen LogP) is 3.43. The molecule has 2 aromatic carbocycles. The van der Waals surface area contributed by atoms with Crippen molar-refractivity contribution in [2.24, 2.45) is 0 Å². The number of rotatable bonds is 1. The summed E-state index contributed by atoms with van der Waals surface area (Å²) in [5.41, 5.74) is 1.39.